The van der Waals surface area contributed by atoms with E-state index >= 15 is 0 Å². The Morgan fingerprint density at radius 3 is 1.15 bits per heavy atom. The minimum Gasteiger partial charge on any atom is -0.416 e. The monoisotopic (exact) mass is 601 g/mol. The van der Waals surface area contributed by atoms with Crippen molar-refractivity contribution in [2.24, 2.45) is 0 Å². The summed E-state index contributed by atoms with van der Waals surface area (Å²) >= 11 is 0.290. The SMILES string of the molecule is CN(C)C(=O)Sc1cc(C(=O)Oc2c(F)c(F)c(F)c(F)c2F)cc(C(=O)Oc2c(F)c(F)c(F)c(F)c2F)c1. The first-order valence-electron chi connectivity index (χ1n) is 10.1. The van der Waals surface area contributed by atoms with Crippen molar-refractivity contribution in [2.75, 3.05) is 14.1 Å². The van der Waals surface area contributed by atoms with Crippen LogP contribution in [-0.4, -0.2) is 36.2 Å². The number of thioether (sulfide) groups is 1. The first-order chi connectivity index (χ1) is 18.6. The fourth-order valence-corrected chi connectivity index (χ4v) is 3.49. The van der Waals surface area contributed by atoms with E-state index in [1.807, 2.05) is 0 Å². The van der Waals surface area contributed by atoms with Crippen LogP contribution in [0.25, 0.3) is 0 Å². The highest BCUT2D eigenvalue weighted by molar-refractivity contribution is 8.13. The quantitative estimate of drug-likeness (QED) is 0.0856. The van der Waals surface area contributed by atoms with Gasteiger partial charge in [-0.15, -0.1) is 0 Å². The van der Waals surface area contributed by atoms with E-state index in [9.17, 15) is 58.3 Å². The van der Waals surface area contributed by atoms with Gasteiger partial charge in [0.1, 0.15) is 0 Å². The standard InChI is InChI=1S/C23H9F10NO5S/c1-34(2)23(37)40-8-4-6(21(35)38-19-15(30)11(26)9(24)12(27)16(19)31)3-7(5-8)22(36)39-20-17(32)13(28)10(25)14(29)18(20)33/h3-5H,1-2H3. The Morgan fingerprint density at radius 2 is 0.850 bits per heavy atom. The maximum absolute atomic E-state index is 14.0. The predicted molar refractivity (Wildman–Crippen MR) is 114 cm³/mol. The molecule has 0 radical (unpaired) electrons. The van der Waals surface area contributed by atoms with Gasteiger partial charge in [-0.05, 0) is 30.0 Å². The van der Waals surface area contributed by atoms with Crippen molar-refractivity contribution in [3.05, 3.63) is 87.5 Å². The highest BCUT2D eigenvalue weighted by Crippen LogP contribution is 2.32. The summed E-state index contributed by atoms with van der Waals surface area (Å²) in [5.41, 5.74) is -1.82. The molecular weight excluding hydrogens is 592 g/mol. The van der Waals surface area contributed by atoms with Gasteiger partial charge in [-0.3, -0.25) is 4.79 Å². The van der Waals surface area contributed by atoms with E-state index in [4.69, 9.17) is 0 Å². The first kappa shape index (κ1) is 30.3. The minimum absolute atomic E-state index is 0.290. The predicted octanol–water partition coefficient (Wildman–Crippen LogP) is 6.29. The van der Waals surface area contributed by atoms with Crippen LogP contribution in [0.5, 0.6) is 11.5 Å². The number of carbonyl (C=O) groups excluding carboxylic acids is 3. The lowest BCUT2D eigenvalue weighted by atomic mass is 10.1. The molecule has 0 N–H and O–H groups in total. The third kappa shape index (κ3) is 5.68. The zero-order chi connectivity index (χ0) is 30.2. The summed E-state index contributed by atoms with van der Waals surface area (Å²) in [7, 11) is 2.55. The Morgan fingerprint density at radius 1 is 0.550 bits per heavy atom. The average Bonchev–Trinajstić information content (AvgIpc) is 2.92. The van der Waals surface area contributed by atoms with Crippen LogP contribution < -0.4 is 9.47 Å². The number of benzene rings is 3. The topological polar surface area (TPSA) is 72.9 Å². The normalized spacial score (nSPS) is 10.9. The van der Waals surface area contributed by atoms with E-state index in [1.54, 1.807) is 0 Å². The highest BCUT2D eigenvalue weighted by Gasteiger charge is 2.31. The van der Waals surface area contributed by atoms with Gasteiger partial charge >= 0.3 is 11.9 Å². The van der Waals surface area contributed by atoms with Gasteiger partial charge in [-0.2, -0.15) is 17.6 Å². The van der Waals surface area contributed by atoms with Crippen molar-refractivity contribution in [1.29, 1.82) is 0 Å². The number of ether oxygens (including phenoxy) is 2. The Kier molecular flexibility index (Phi) is 8.66. The molecular formula is C23H9F10NO5S. The van der Waals surface area contributed by atoms with Crippen molar-refractivity contribution >= 4 is 28.9 Å². The van der Waals surface area contributed by atoms with E-state index in [-0.39, 0.29) is 16.7 Å². The maximum Gasteiger partial charge on any atom is 0.343 e. The molecule has 3 rings (SSSR count). The molecule has 1 amide bonds. The fraction of sp³-hybridized carbons (Fsp3) is 0.0870. The fourth-order valence-electron chi connectivity index (χ4n) is 2.74. The lowest BCUT2D eigenvalue weighted by molar-refractivity contribution is 0.0714. The first-order valence-corrected chi connectivity index (χ1v) is 10.9. The molecule has 0 bridgehead atoms. The summed E-state index contributed by atoms with van der Waals surface area (Å²) in [6.07, 6.45) is 0. The van der Waals surface area contributed by atoms with Gasteiger partial charge in [0.25, 0.3) is 5.24 Å². The number of hydrogen-bond donors (Lipinski definition) is 0. The number of halogens is 10. The molecule has 0 spiro atoms. The highest BCUT2D eigenvalue weighted by atomic mass is 32.2. The van der Waals surface area contributed by atoms with E-state index in [0.29, 0.717) is 6.07 Å². The zero-order valence-electron chi connectivity index (χ0n) is 19.4. The van der Waals surface area contributed by atoms with E-state index in [1.165, 1.54) is 14.1 Å². The van der Waals surface area contributed by atoms with Crippen molar-refractivity contribution < 1.29 is 67.8 Å². The summed E-state index contributed by atoms with van der Waals surface area (Å²) in [5.74, 6) is -32.9. The molecule has 0 saturated carbocycles. The number of esters is 2. The minimum atomic E-state index is -2.56. The zero-order valence-corrected chi connectivity index (χ0v) is 20.2. The second-order valence-corrected chi connectivity index (χ2v) is 8.61. The molecule has 0 heterocycles. The van der Waals surface area contributed by atoms with Crippen LogP contribution in [0.4, 0.5) is 48.7 Å². The molecule has 6 nitrogen and oxygen atoms in total. The molecule has 0 fully saturated rings. The average molecular weight is 601 g/mol. The second-order valence-electron chi connectivity index (χ2n) is 7.59. The van der Waals surface area contributed by atoms with Crippen LogP contribution in [0, 0.1) is 58.2 Å². The number of carbonyl (C=O) groups is 3. The third-order valence-electron chi connectivity index (χ3n) is 4.68. The van der Waals surface area contributed by atoms with E-state index in [0.717, 1.165) is 17.0 Å². The Hall–Kier alpha value is -4.28. The molecule has 0 aliphatic heterocycles. The molecule has 3 aromatic rings. The van der Waals surface area contributed by atoms with Crippen molar-refractivity contribution in [1.82, 2.24) is 4.90 Å². The van der Waals surface area contributed by atoms with Crippen LogP contribution in [0.3, 0.4) is 0 Å². The molecule has 0 atom stereocenters. The summed E-state index contributed by atoms with van der Waals surface area (Å²) < 4.78 is 145. The molecule has 0 aliphatic rings. The summed E-state index contributed by atoms with van der Waals surface area (Å²) in [6.45, 7) is 0. The van der Waals surface area contributed by atoms with Crippen molar-refractivity contribution in [3.8, 4) is 11.5 Å². The molecule has 0 aromatic heterocycles. The van der Waals surface area contributed by atoms with Crippen molar-refractivity contribution in [2.45, 2.75) is 4.90 Å². The van der Waals surface area contributed by atoms with Gasteiger partial charge in [-0.1, -0.05) is 0 Å². The smallest absolute Gasteiger partial charge is 0.343 e. The molecule has 17 heteroatoms. The molecule has 40 heavy (non-hydrogen) atoms. The number of amides is 1. The Bertz CT molecular complexity index is 1420. The van der Waals surface area contributed by atoms with Crippen molar-refractivity contribution in [3.63, 3.8) is 0 Å². The van der Waals surface area contributed by atoms with Gasteiger partial charge < -0.3 is 14.4 Å². The lowest BCUT2D eigenvalue weighted by Crippen LogP contribution is -2.18. The van der Waals surface area contributed by atoms with Gasteiger partial charge in [0.05, 0.1) is 11.1 Å². The van der Waals surface area contributed by atoms with Crippen LogP contribution in [0.15, 0.2) is 23.1 Å². The maximum atomic E-state index is 14.0. The van der Waals surface area contributed by atoms with Gasteiger partial charge in [-0.25, -0.2) is 35.9 Å². The summed E-state index contributed by atoms with van der Waals surface area (Å²) in [6, 6.07) is 1.94. The summed E-state index contributed by atoms with van der Waals surface area (Å²) in [5, 5.41) is -0.760. The summed E-state index contributed by atoms with van der Waals surface area (Å²) in [4.78, 5) is 37.8. The Balaban J connectivity index is 2.08. The number of hydrogen-bond acceptors (Lipinski definition) is 6. The number of rotatable bonds is 5. The molecule has 0 unspecified atom stereocenters. The Labute approximate surface area is 220 Å². The lowest BCUT2D eigenvalue weighted by Gasteiger charge is -2.13. The van der Waals surface area contributed by atoms with Gasteiger partial charge in [0.15, 0.2) is 0 Å². The molecule has 0 saturated heterocycles. The van der Waals surface area contributed by atoms with Gasteiger partial charge in [0, 0.05) is 19.0 Å². The molecule has 0 aliphatic carbocycles. The molecule has 3 aromatic carbocycles. The van der Waals surface area contributed by atoms with E-state index in [2.05, 4.69) is 9.47 Å². The molecule has 212 valence electrons. The largest absolute Gasteiger partial charge is 0.416 e. The number of nitrogens with zero attached hydrogens (tertiary/aromatic N) is 1. The van der Waals surface area contributed by atoms with Crippen LogP contribution in [0.2, 0.25) is 0 Å². The van der Waals surface area contributed by atoms with Crippen LogP contribution in [-0.2, 0) is 0 Å². The van der Waals surface area contributed by atoms with E-state index < -0.39 is 98.0 Å². The van der Waals surface area contributed by atoms with Crippen LogP contribution >= 0.6 is 11.8 Å². The van der Waals surface area contributed by atoms with Gasteiger partial charge in [0.2, 0.25) is 69.7 Å². The third-order valence-corrected chi connectivity index (χ3v) is 5.69. The second kappa shape index (κ2) is 11.4. The van der Waals surface area contributed by atoms with Crippen LogP contribution in [0.1, 0.15) is 20.7 Å².